The molecule has 4 rings (SSSR count). The Hall–Kier alpha value is -4.74. The van der Waals surface area contributed by atoms with E-state index in [-0.39, 0.29) is 22.0 Å². The van der Waals surface area contributed by atoms with E-state index in [0.717, 1.165) is 0 Å². The molecule has 0 saturated heterocycles. The number of amides is 1. The van der Waals surface area contributed by atoms with Gasteiger partial charge in [0, 0.05) is 11.1 Å². The third-order valence-electron chi connectivity index (χ3n) is 5.43. The van der Waals surface area contributed by atoms with Crippen LogP contribution in [0.3, 0.4) is 0 Å². The monoisotopic (exact) mass is 516 g/mol. The van der Waals surface area contributed by atoms with Crippen LogP contribution in [0.25, 0.3) is 22.5 Å². The summed E-state index contributed by atoms with van der Waals surface area (Å²) in [6, 6.07) is 22.6. The molecule has 1 aromatic heterocycles. The number of benzene rings is 3. The van der Waals surface area contributed by atoms with Crippen LogP contribution in [-0.4, -0.2) is 32.7 Å². The van der Waals surface area contributed by atoms with Crippen molar-refractivity contribution in [2.75, 3.05) is 26.1 Å². The molecule has 186 valence electrons. The highest BCUT2D eigenvalue weighted by atomic mass is 35.5. The molecule has 0 spiro atoms. The van der Waals surface area contributed by atoms with Gasteiger partial charge >= 0.3 is 5.97 Å². The zero-order chi connectivity index (χ0) is 26.4. The number of halogens is 1. The lowest BCUT2D eigenvalue weighted by Gasteiger charge is -2.06. The van der Waals surface area contributed by atoms with Crippen LogP contribution in [0.5, 0.6) is 11.5 Å². The molecule has 0 aliphatic rings. The van der Waals surface area contributed by atoms with E-state index in [4.69, 9.17) is 30.2 Å². The Kier molecular flexibility index (Phi) is 7.77. The van der Waals surface area contributed by atoms with Gasteiger partial charge in [-0.25, -0.2) is 4.79 Å². The fourth-order valence-electron chi connectivity index (χ4n) is 3.60. The summed E-state index contributed by atoms with van der Waals surface area (Å²) in [6.45, 7) is -0.606. The summed E-state index contributed by atoms with van der Waals surface area (Å²) in [6.07, 6.45) is 0. The van der Waals surface area contributed by atoms with Crippen molar-refractivity contribution in [2.24, 2.45) is 0 Å². The Morgan fingerprint density at radius 1 is 0.919 bits per heavy atom. The van der Waals surface area contributed by atoms with Gasteiger partial charge in [0.15, 0.2) is 6.61 Å². The van der Waals surface area contributed by atoms with Crippen LogP contribution in [0.4, 0.5) is 5.88 Å². The standard InChI is InChI=1S/C28H21ClN2O6/c1-34-19-11-7-17(8-12-19)25-22(15-30)27(37-26(25)18-9-13-20(35-2)14-10-18)31-24(32)16-36-28(33)21-5-3-4-6-23(21)29/h3-14H,16H2,1-2H3,(H,31,32). The number of nitriles is 1. The van der Waals surface area contributed by atoms with Crippen LogP contribution in [0.2, 0.25) is 5.02 Å². The minimum Gasteiger partial charge on any atom is -0.497 e. The largest absolute Gasteiger partial charge is 0.497 e. The lowest BCUT2D eigenvalue weighted by molar-refractivity contribution is -0.119. The molecule has 0 atom stereocenters. The summed E-state index contributed by atoms with van der Waals surface area (Å²) >= 11 is 6.01. The van der Waals surface area contributed by atoms with Gasteiger partial charge in [-0.05, 0) is 54.1 Å². The molecule has 0 aliphatic carbocycles. The molecule has 9 heteroatoms. The number of carbonyl (C=O) groups is 2. The number of furan rings is 1. The topological polar surface area (TPSA) is 111 Å². The van der Waals surface area contributed by atoms with E-state index in [1.807, 2.05) is 0 Å². The van der Waals surface area contributed by atoms with Crippen LogP contribution in [-0.2, 0) is 9.53 Å². The molecule has 1 N–H and O–H groups in total. The number of carbonyl (C=O) groups excluding carboxylic acids is 2. The minimum atomic E-state index is -0.751. The molecular weight excluding hydrogens is 496 g/mol. The fourth-order valence-corrected chi connectivity index (χ4v) is 3.82. The average Bonchev–Trinajstić information content (AvgIpc) is 3.29. The lowest BCUT2D eigenvalue weighted by atomic mass is 9.98. The fraction of sp³-hybridized carbons (Fsp3) is 0.107. The third-order valence-corrected chi connectivity index (χ3v) is 5.76. The number of ether oxygens (including phenoxy) is 3. The third kappa shape index (κ3) is 5.58. The van der Waals surface area contributed by atoms with Crippen LogP contribution >= 0.6 is 11.6 Å². The smallest absolute Gasteiger partial charge is 0.340 e. The first-order valence-corrected chi connectivity index (χ1v) is 11.4. The van der Waals surface area contributed by atoms with Gasteiger partial charge < -0.3 is 18.6 Å². The van der Waals surface area contributed by atoms with Gasteiger partial charge in [-0.15, -0.1) is 0 Å². The van der Waals surface area contributed by atoms with Crippen LogP contribution in [0.1, 0.15) is 15.9 Å². The van der Waals surface area contributed by atoms with Crippen molar-refractivity contribution >= 4 is 29.4 Å². The molecule has 1 amide bonds. The number of esters is 1. The summed E-state index contributed by atoms with van der Waals surface area (Å²) in [5.41, 5.74) is 2.07. The first kappa shape index (κ1) is 25.4. The zero-order valence-electron chi connectivity index (χ0n) is 19.9. The maximum absolute atomic E-state index is 12.6. The highest BCUT2D eigenvalue weighted by Gasteiger charge is 2.25. The van der Waals surface area contributed by atoms with E-state index < -0.39 is 18.5 Å². The summed E-state index contributed by atoms with van der Waals surface area (Å²) < 4.78 is 21.6. The second-order valence-electron chi connectivity index (χ2n) is 7.68. The second kappa shape index (κ2) is 11.3. The maximum atomic E-state index is 12.6. The molecule has 0 aliphatic heterocycles. The van der Waals surface area contributed by atoms with Crippen LogP contribution in [0.15, 0.2) is 77.2 Å². The van der Waals surface area contributed by atoms with E-state index in [1.165, 1.54) is 6.07 Å². The number of nitrogens with one attached hydrogen (secondary N) is 1. The van der Waals surface area contributed by atoms with E-state index in [0.29, 0.717) is 33.9 Å². The summed E-state index contributed by atoms with van der Waals surface area (Å²) in [7, 11) is 3.12. The average molecular weight is 517 g/mol. The van der Waals surface area contributed by atoms with Crippen LogP contribution < -0.4 is 14.8 Å². The van der Waals surface area contributed by atoms with Crippen molar-refractivity contribution in [3.05, 3.63) is 88.9 Å². The first-order chi connectivity index (χ1) is 17.9. The number of anilines is 1. The molecule has 8 nitrogen and oxygen atoms in total. The number of hydrogen-bond donors (Lipinski definition) is 1. The Morgan fingerprint density at radius 3 is 2.08 bits per heavy atom. The lowest BCUT2D eigenvalue weighted by Crippen LogP contribution is -2.21. The SMILES string of the molecule is COc1ccc(-c2oc(NC(=O)COC(=O)c3ccccc3Cl)c(C#N)c2-c2ccc(OC)cc2)cc1. The Morgan fingerprint density at radius 2 is 1.51 bits per heavy atom. The van der Waals surface area contributed by atoms with Crippen LogP contribution in [0, 0.1) is 11.3 Å². The van der Waals surface area contributed by atoms with Crippen molar-refractivity contribution < 1.29 is 28.2 Å². The van der Waals surface area contributed by atoms with E-state index in [1.54, 1.807) is 80.9 Å². The summed E-state index contributed by atoms with van der Waals surface area (Å²) in [4.78, 5) is 24.9. The molecule has 0 unspecified atom stereocenters. The predicted octanol–water partition coefficient (Wildman–Crippen LogP) is 5.95. The molecule has 0 bridgehead atoms. The van der Waals surface area contributed by atoms with Gasteiger partial charge in [0.2, 0.25) is 5.88 Å². The van der Waals surface area contributed by atoms with Gasteiger partial charge in [0.25, 0.3) is 5.91 Å². The van der Waals surface area contributed by atoms with E-state index in [2.05, 4.69) is 11.4 Å². The minimum absolute atomic E-state index is 0.0714. The summed E-state index contributed by atoms with van der Waals surface area (Å²) in [5.74, 6) is 0.152. The van der Waals surface area contributed by atoms with Crippen molar-refractivity contribution in [2.45, 2.75) is 0 Å². The van der Waals surface area contributed by atoms with E-state index >= 15 is 0 Å². The summed E-state index contributed by atoms with van der Waals surface area (Å²) in [5, 5.41) is 12.8. The van der Waals surface area contributed by atoms with Crippen molar-refractivity contribution in [1.29, 1.82) is 5.26 Å². The molecule has 3 aromatic carbocycles. The molecule has 37 heavy (non-hydrogen) atoms. The predicted molar refractivity (Wildman–Crippen MR) is 138 cm³/mol. The van der Waals surface area contributed by atoms with E-state index in [9.17, 15) is 14.9 Å². The van der Waals surface area contributed by atoms with Gasteiger partial charge in [0.1, 0.15) is 28.9 Å². The molecule has 1 heterocycles. The number of nitrogens with zero attached hydrogens (tertiary/aromatic N) is 1. The Balaban J connectivity index is 1.65. The Labute approximate surface area is 217 Å². The zero-order valence-corrected chi connectivity index (χ0v) is 20.7. The van der Waals surface area contributed by atoms with Gasteiger partial charge in [0.05, 0.1) is 24.8 Å². The Bertz CT molecular complexity index is 1470. The van der Waals surface area contributed by atoms with Crippen molar-refractivity contribution in [3.8, 4) is 40.0 Å². The number of hydrogen-bond acceptors (Lipinski definition) is 7. The number of rotatable bonds is 8. The maximum Gasteiger partial charge on any atom is 0.340 e. The van der Waals surface area contributed by atoms with Gasteiger partial charge in [-0.2, -0.15) is 5.26 Å². The first-order valence-electron chi connectivity index (χ1n) is 11.0. The highest BCUT2D eigenvalue weighted by molar-refractivity contribution is 6.33. The number of methoxy groups -OCH3 is 2. The molecular formula is C28H21ClN2O6. The second-order valence-corrected chi connectivity index (χ2v) is 8.09. The quantitative estimate of drug-likeness (QED) is 0.288. The highest BCUT2D eigenvalue weighted by Crippen LogP contribution is 2.42. The normalized spacial score (nSPS) is 10.3. The molecule has 0 fully saturated rings. The molecule has 0 radical (unpaired) electrons. The molecule has 0 saturated carbocycles. The van der Waals surface area contributed by atoms with Gasteiger partial charge in [-0.3, -0.25) is 10.1 Å². The molecule has 4 aromatic rings. The van der Waals surface area contributed by atoms with Crippen molar-refractivity contribution in [3.63, 3.8) is 0 Å². The van der Waals surface area contributed by atoms with Gasteiger partial charge in [-0.1, -0.05) is 35.9 Å². The van der Waals surface area contributed by atoms with Crippen molar-refractivity contribution in [1.82, 2.24) is 0 Å².